The smallest absolute Gasteiger partial charge is 0.339 e. The van der Waals surface area contributed by atoms with Gasteiger partial charge in [0, 0.05) is 6.54 Å². The Kier molecular flexibility index (Phi) is 5.90. The lowest BCUT2D eigenvalue weighted by atomic mass is 10.1. The number of benzene rings is 1. The summed E-state index contributed by atoms with van der Waals surface area (Å²) in [4.78, 5) is 13.5. The van der Waals surface area contributed by atoms with Crippen molar-refractivity contribution in [2.45, 2.75) is 45.4 Å². The molecule has 0 amide bonds. The number of hydrogen-bond donors (Lipinski definition) is 1. The van der Waals surface area contributed by atoms with Crippen molar-refractivity contribution in [2.75, 3.05) is 24.6 Å². The van der Waals surface area contributed by atoms with E-state index in [-0.39, 0.29) is 5.56 Å². The molecule has 1 aromatic rings. The minimum Gasteiger partial charge on any atom is -0.489 e. The van der Waals surface area contributed by atoms with E-state index in [1.807, 2.05) is 6.07 Å². The lowest BCUT2D eigenvalue weighted by molar-refractivity contribution is 0.0692. The molecule has 2 rings (SSSR count). The Morgan fingerprint density at radius 3 is 2.76 bits per heavy atom. The predicted octanol–water partition coefficient (Wildman–Crippen LogP) is 3.94. The van der Waals surface area contributed by atoms with Gasteiger partial charge in [-0.1, -0.05) is 45.1 Å². The number of hydrogen-bond acceptors (Lipinski definition) is 3. The van der Waals surface area contributed by atoms with Crippen LogP contribution < -0.4 is 9.64 Å². The van der Waals surface area contributed by atoms with Crippen LogP contribution in [0, 0.1) is 0 Å². The van der Waals surface area contributed by atoms with Gasteiger partial charge in [-0.05, 0) is 18.6 Å². The number of rotatable bonds is 8. The molecule has 1 aliphatic heterocycles. The molecule has 0 bridgehead atoms. The fraction of sp³-hybridized carbons (Fsp3) is 0.588. The third-order valence-electron chi connectivity index (χ3n) is 3.95. The molecule has 1 N–H and O–H groups in total. The highest BCUT2D eigenvalue weighted by atomic mass is 16.5. The van der Waals surface area contributed by atoms with Crippen LogP contribution in [-0.4, -0.2) is 30.8 Å². The number of unbranched alkanes of at least 4 members (excludes halogenated alkanes) is 5. The molecule has 1 aromatic carbocycles. The van der Waals surface area contributed by atoms with Crippen LogP contribution in [0.2, 0.25) is 0 Å². The van der Waals surface area contributed by atoms with Gasteiger partial charge in [0.25, 0.3) is 0 Å². The molecule has 0 saturated heterocycles. The number of anilines is 1. The monoisotopic (exact) mass is 291 g/mol. The van der Waals surface area contributed by atoms with Crippen LogP contribution in [0.1, 0.15) is 55.8 Å². The quantitative estimate of drug-likeness (QED) is 0.737. The highest BCUT2D eigenvalue weighted by Crippen LogP contribution is 2.35. The maximum absolute atomic E-state index is 11.2. The first-order chi connectivity index (χ1) is 10.2. The predicted molar refractivity (Wildman–Crippen MR) is 84.5 cm³/mol. The summed E-state index contributed by atoms with van der Waals surface area (Å²) < 4.78 is 5.58. The highest BCUT2D eigenvalue weighted by Gasteiger charge is 2.23. The van der Waals surface area contributed by atoms with E-state index in [4.69, 9.17) is 4.74 Å². The molecule has 4 heteroatoms. The van der Waals surface area contributed by atoms with Gasteiger partial charge < -0.3 is 14.7 Å². The Morgan fingerprint density at radius 2 is 2.00 bits per heavy atom. The molecular formula is C17H25NO3. The second kappa shape index (κ2) is 7.91. The molecule has 0 fully saturated rings. The zero-order chi connectivity index (χ0) is 15.1. The molecule has 1 aliphatic rings. The maximum atomic E-state index is 11.2. The van der Waals surface area contributed by atoms with Crippen molar-refractivity contribution < 1.29 is 14.6 Å². The zero-order valence-corrected chi connectivity index (χ0v) is 12.8. The van der Waals surface area contributed by atoms with Crippen molar-refractivity contribution in [2.24, 2.45) is 0 Å². The lowest BCUT2D eigenvalue weighted by Crippen LogP contribution is -2.34. The summed E-state index contributed by atoms with van der Waals surface area (Å²) in [6.07, 6.45) is 7.60. The summed E-state index contributed by atoms with van der Waals surface area (Å²) in [6.45, 7) is 4.61. The molecule has 4 nitrogen and oxygen atoms in total. The summed E-state index contributed by atoms with van der Waals surface area (Å²) in [5.74, 6) is -0.393. The molecule has 0 aliphatic carbocycles. The van der Waals surface area contributed by atoms with Gasteiger partial charge in [-0.2, -0.15) is 0 Å². The summed E-state index contributed by atoms with van der Waals surface area (Å²) in [5, 5.41) is 9.23. The second-order valence-electron chi connectivity index (χ2n) is 5.56. The van der Waals surface area contributed by atoms with Crippen LogP contribution >= 0.6 is 0 Å². The Balaban J connectivity index is 1.92. The molecule has 0 atom stereocenters. The van der Waals surface area contributed by atoms with Crippen molar-refractivity contribution in [3.63, 3.8) is 0 Å². The van der Waals surface area contributed by atoms with Crippen LogP contribution in [0.3, 0.4) is 0 Å². The number of para-hydroxylation sites is 1. The van der Waals surface area contributed by atoms with E-state index in [1.54, 1.807) is 12.1 Å². The first-order valence-electron chi connectivity index (χ1n) is 7.98. The summed E-state index contributed by atoms with van der Waals surface area (Å²) in [7, 11) is 0. The topological polar surface area (TPSA) is 49.8 Å². The molecule has 21 heavy (non-hydrogen) atoms. The van der Waals surface area contributed by atoms with Crippen LogP contribution in [0.15, 0.2) is 18.2 Å². The zero-order valence-electron chi connectivity index (χ0n) is 12.8. The number of carboxylic acid groups (broad SMARTS) is 1. The summed E-state index contributed by atoms with van der Waals surface area (Å²) in [6, 6.07) is 5.36. The van der Waals surface area contributed by atoms with Gasteiger partial charge in [0.05, 0.1) is 12.2 Å². The minimum absolute atomic E-state index is 0.264. The van der Waals surface area contributed by atoms with Gasteiger partial charge in [0.1, 0.15) is 12.2 Å². The number of carboxylic acids is 1. The maximum Gasteiger partial charge on any atom is 0.339 e. The summed E-state index contributed by atoms with van der Waals surface area (Å²) in [5.41, 5.74) is 1.19. The van der Waals surface area contributed by atoms with Gasteiger partial charge in [-0.25, -0.2) is 4.79 Å². The third kappa shape index (κ3) is 4.13. The van der Waals surface area contributed by atoms with E-state index in [0.717, 1.165) is 25.2 Å². The van der Waals surface area contributed by atoms with E-state index in [9.17, 15) is 9.90 Å². The summed E-state index contributed by atoms with van der Waals surface area (Å²) >= 11 is 0. The van der Waals surface area contributed by atoms with E-state index < -0.39 is 5.97 Å². The van der Waals surface area contributed by atoms with E-state index >= 15 is 0 Å². The van der Waals surface area contributed by atoms with Crippen LogP contribution in [0.4, 0.5) is 5.69 Å². The van der Waals surface area contributed by atoms with Crippen molar-refractivity contribution >= 4 is 11.7 Å². The van der Waals surface area contributed by atoms with Crippen LogP contribution in [0.25, 0.3) is 0 Å². The number of nitrogens with zero attached hydrogens (tertiary/aromatic N) is 1. The Bertz CT molecular complexity index is 473. The highest BCUT2D eigenvalue weighted by molar-refractivity contribution is 5.93. The number of fused-ring (bicyclic) bond motifs is 1. The van der Waals surface area contributed by atoms with E-state index in [2.05, 4.69) is 11.8 Å². The third-order valence-corrected chi connectivity index (χ3v) is 3.95. The molecule has 0 saturated carbocycles. The molecular weight excluding hydrogens is 266 g/mol. The van der Waals surface area contributed by atoms with Gasteiger partial charge in [0.15, 0.2) is 5.75 Å². The molecule has 0 unspecified atom stereocenters. The second-order valence-corrected chi connectivity index (χ2v) is 5.56. The number of aromatic carboxylic acids is 1. The number of ether oxygens (including phenoxy) is 1. The van der Waals surface area contributed by atoms with Crippen molar-refractivity contribution in [1.29, 1.82) is 0 Å². The Hall–Kier alpha value is -1.71. The lowest BCUT2D eigenvalue weighted by Gasteiger charge is -2.32. The molecule has 116 valence electrons. The van der Waals surface area contributed by atoms with E-state index in [0.29, 0.717) is 12.4 Å². The van der Waals surface area contributed by atoms with Gasteiger partial charge in [-0.15, -0.1) is 0 Å². The largest absolute Gasteiger partial charge is 0.489 e. The molecule has 1 heterocycles. The van der Waals surface area contributed by atoms with Gasteiger partial charge in [0.2, 0.25) is 0 Å². The minimum atomic E-state index is -0.923. The van der Waals surface area contributed by atoms with Gasteiger partial charge in [-0.3, -0.25) is 0 Å². The standard InChI is InChI=1S/C17H25NO3/c1-2-3-4-5-6-7-11-18-12-13-21-16-14(17(19)20)9-8-10-15(16)18/h8-10H,2-7,11-13H2,1H3,(H,19,20). The molecule has 0 spiro atoms. The van der Waals surface area contributed by atoms with Crippen molar-refractivity contribution in [3.8, 4) is 5.75 Å². The molecule has 0 aromatic heterocycles. The Morgan fingerprint density at radius 1 is 1.24 bits per heavy atom. The fourth-order valence-electron chi connectivity index (χ4n) is 2.79. The van der Waals surface area contributed by atoms with Gasteiger partial charge >= 0.3 is 5.97 Å². The average Bonchev–Trinajstić information content (AvgIpc) is 2.50. The number of carbonyl (C=O) groups is 1. The first kappa shape index (κ1) is 15.7. The average molecular weight is 291 g/mol. The Labute approximate surface area is 126 Å². The van der Waals surface area contributed by atoms with Crippen molar-refractivity contribution in [3.05, 3.63) is 23.8 Å². The van der Waals surface area contributed by atoms with Crippen LogP contribution in [-0.2, 0) is 0 Å². The normalized spacial score (nSPS) is 13.7. The van der Waals surface area contributed by atoms with Crippen LogP contribution in [0.5, 0.6) is 5.75 Å². The molecule has 0 radical (unpaired) electrons. The van der Waals surface area contributed by atoms with Crippen molar-refractivity contribution in [1.82, 2.24) is 0 Å². The fourth-order valence-corrected chi connectivity index (χ4v) is 2.79. The SMILES string of the molecule is CCCCCCCCN1CCOc2c(C(=O)O)cccc21. The first-order valence-corrected chi connectivity index (χ1v) is 7.98. The van der Waals surface area contributed by atoms with E-state index in [1.165, 1.54) is 32.1 Å².